The van der Waals surface area contributed by atoms with Gasteiger partial charge in [-0.3, -0.25) is 14.2 Å². The Bertz CT molecular complexity index is 1300. The lowest BCUT2D eigenvalue weighted by molar-refractivity contribution is -0.113. The van der Waals surface area contributed by atoms with Crippen LogP contribution in [0.4, 0.5) is 5.00 Å². The number of hydrogen-bond acceptors (Lipinski definition) is 7. The number of ether oxygens (including phenoxy) is 1. The highest BCUT2D eigenvalue weighted by Gasteiger charge is 2.19. The fourth-order valence-corrected chi connectivity index (χ4v) is 4.71. The third-order valence-electron chi connectivity index (χ3n) is 4.56. The molecule has 0 unspecified atom stereocenters. The van der Waals surface area contributed by atoms with Gasteiger partial charge in [-0.25, -0.2) is 0 Å². The highest BCUT2D eigenvalue weighted by molar-refractivity contribution is 7.99. The summed E-state index contributed by atoms with van der Waals surface area (Å²) in [5, 5.41) is 14.6. The number of aromatic nitrogens is 3. The third-order valence-corrected chi connectivity index (χ3v) is 6.57. The van der Waals surface area contributed by atoms with Crippen molar-refractivity contribution < 1.29 is 14.3 Å². The first-order valence-corrected chi connectivity index (χ1v) is 11.9. The highest BCUT2D eigenvalue weighted by atomic mass is 35.5. The van der Waals surface area contributed by atoms with E-state index in [0.717, 1.165) is 11.3 Å². The number of thioether (sulfide) groups is 1. The van der Waals surface area contributed by atoms with Crippen molar-refractivity contribution in [3.8, 4) is 22.8 Å². The summed E-state index contributed by atoms with van der Waals surface area (Å²) < 4.78 is 7.19. The van der Waals surface area contributed by atoms with Crippen LogP contribution in [0.5, 0.6) is 5.75 Å². The molecule has 0 aliphatic carbocycles. The van der Waals surface area contributed by atoms with Crippen molar-refractivity contribution in [1.82, 2.24) is 14.8 Å². The minimum absolute atomic E-state index is 0.0555. The maximum atomic E-state index is 12.5. The lowest BCUT2D eigenvalue weighted by Crippen LogP contribution is -2.18. The van der Waals surface area contributed by atoms with Gasteiger partial charge in [0.2, 0.25) is 5.91 Å². The molecule has 0 aliphatic heterocycles. The first kappa shape index (κ1) is 22.8. The number of thiophene rings is 1. The molecule has 0 saturated carbocycles. The molecule has 4 rings (SSSR count). The number of methoxy groups -OCH3 is 1. The van der Waals surface area contributed by atoms with Gasteiger partial charge in [0.15, 0.2) is 11.0 Å². The zero-order valence-electron chi connectivity index (χ0n) is 17.3. The van der Waals surface area contributed by atoms with Crippen LogP contribution in [0.3, 0.4) is 0 Å². The van der Waals surface area contributed by atoms with E-state index in [0.29, 0.717) is 26.8 Å². The van der Waals surface area contributed by atoms with Crippen molar-refractivity contribution in [2.45, 2.75) is 5.16 Å². The van der Waals surface area contributed by atoms with Crippen LogP contribution in [0.2, 0.25) is 5.02 Å². The van der Waals surface area contributed by atoms with Crippen molar-refractivity contribution in [3.63, 3.8) is 0 Å². The van der Waals surface area contributed by atoms with E-state index in [-0.39, 0.29) is 17.2 Å². The highest BCUT2D eigenvalue weighted by Crippen LogP contribution is 2.30. The zero-order valence-corrected chi connectivity index (χ0v) is 19.7. The molecule has 0 bridgehead atoms. The number of hydrogen-bond donors (Lipinski definition) is 2. The Morgan fingerprint density at radius 2 is 1.97 bits per heavy atom. The average molecular weight is 500 g/mol. The number of carbonyl (C=O) groups excluding carboxylic acids is 2. The van der Waals surface area contributed by atoms with Gasteiger partial charge >= 0.3 is 0 Å². The van der Waals surface area contributed by atoms with E-state index in [1.54, 1.807) is 30.7 Å². The Hall–Kier alpha value is -3.34. The van der Waals surface area contributed by atoms with Gasteiger partial charge in [-0.05, 0) is 47.8 Å². The van der Waals surface area contributed by atoms with E-state index < -0.39 is 5.91 Å². The molecule has 3 N–H and O–H groups in total. The number of carbonyl (C=O) groups is 2. The number of nitrogens with zero attached hydrogens (tertiary/aromatic N) is 3. The molecule has 0 aliphatic rings. The lowest BCUT2D eigenvalue weighted by atomic mass is 10.2. The third kappa shape index (κ3) is 5.19. The van der Waals surface area contributed by atoms with Crippen molar-refractivity contribution in [2.75, 3.05) is 18.2 Å². The number of rotatable bonds is 8. The molecule has 8 nitrogen and oxygen atoms in total. The van der Waals surface area contributed by atoms with E-state index in [1.807, 2.05) is 41.0 Å². The monoisotopic (exact) mass is 499 g/mol. The van der Waals surface area contributed by atoms with Crippen LogP contribution in [0.15, 0.2) is 65.1 Å². The van der Waals surface area contributed by atoms with Crippen LogP contribution >= 0.6 is 34.7 Å². The van der Waals surface area contributed by atoms with Crippen LogP contribution in [-0.4, -0.2) is 39.4 Å². The maximum Gasteiger partial charge on any atom is 0.251 e. The molecule has 2 amide bonds. The summed E-state index contributed by atoms with van der Waals surface area (Å²) in [6.07, 6.45) is 0. The first-order valence-electron chi connectivity index (χ1n) is 9.62. The maximum absolute atomic E-state index is 12.5. The number of nitrogens with one attached hydrogen (secondary N) is 1. The second kappa shape index (κ2) is 10.1. The van der Waals surface area contributed by atoms with Crippen LogP contribution in [0.1, 0.15) is 10.4 Å². The summed E-state index contributed by atoms with van der Waals surface area (Å²) in [6.45, 7) is 0. The van der Waals surface area contributed by atoms with Crippen LogP contribution in [0, 0.1) is 0 Å². The Morgan fingerprint density at radius 3 is 2.70 bits per heavy atom. The molecule has 33 heavy (non-hydrogen) atoms. The van der Waals surface area contributed by atoms with Crippen LogP contribution in [0.25, 0.3) is 17.1 Å². The number of primary amides is 1. The minimum atomic E-state index is -0.593. The molecule has 2 aromatic heterocycles. The second-order valence-electron chi connectivity index (χ2n) is 6.71. The molecule has 0 atom stereocenters. The molecule has 2 heterocycles. The Morgan fingerprint density at radius 1 is 1.18 bits per heavy atom. The van der Waals surface area contributed by atoms with E-state index in [4.69, 9.17) is 22.1 Å². The number of anilines is 1. The summed E-state index contributed by atoms with van der Waals surface area (Å²) in [5.41, 5.74) is 7.22. The summed E-state index contributed by atoms with van der Waals surface area (Å²) in [6, 6.07) is 16.3. The summed E-state index contributed by atoms with van der Waals surface area (Å²) in [5.74, 6) is 0.449. The van der Waals surface area contributed by atoms with Gasteiger partial charge in [0, 0.05) is 16.3 Å². The first-order chi connectivity index (χ1) is 16.0. The summed E-state index contributed by atoms with van der Waals surface area (Å²) in [4.78, 5) is 24.0. The summed E-state index contributed by atoms with van der Waals surface area (Å²) >= 11 is 8.52. The Labute approximate surface area is 202 Å². The molecular weight excluding hydrogens is 482 g/mol. The fourth-order valence-electron chi connectivity index (χ4n) is 3.03. The molecule has 0 saturated heterocycles. The van der Waals surface area contributed by atoms with Crippen molar-refractivity contribution >= 4 is 51.5 Å². The number of benzene rings is 2. The van der Waals surface area contributed by atoms with Gasteiger partial charge in [-0.2, -0.15) is 0 Å². The SMILES string of the molecule is COc1cccc(-c2nnc(SCC(=O)Nc3sccc3C(N)=O)n2-c2ccc(Cl)cc2)c1. The smallest absolute Gasteiger partial charge is 0.251 e. The quantitative estimate of drug-likeness (QED) is 0.345. The number of nitrogens with two attached hydrogens (primary N) is 1. The minimum Gasteiger partial charge on any atom is -0.497 e. The van der Waals surface area contributed by atoms with Gasteiger partial charge in [-0.1, -0.05) is 35.5 Å². The Kier molecular flexibility index (Phi) is 6.97. The molecule has 11 heteroatoms. The molecule has 168 valence electrons. The lowest BCUT2D eigenvalue weighted by Gasteiger charge is -2.11. The number of amides is 2. The topological polar surface area (TPSA) is 112 Å². The van der Waals surface area contributed by atoms with Gasteiger partial charge < -0.3 is 15.8 Å². The van der Waals surface area contributed by atoms with Crippen LogP contribution < -0.4 is 15.8 Å². The van der Waals surface area contributed by atoms with E-state index in [2.05, 4.69) is 15.5 Å². The van der Waals surface area contributed by atoms with Gasteiger partial charge in [0.1, 0.15) is 10.8 Å². The van der Waals surface area contributed by atoms with Gasteiger partial charge in [0.05, 0.1) is 18.4 Å². The Balaban J connectivity index is 1.62. The zero-order chi connectivity index (χ0) is 23.4. The number of halogens is 1. The van der Waals surface area contributed by atoms with Crippen molar-refractivity contribution in [1.29, 1.82) is 0 Å². The fraction of sp³-hybridized carbons (Fsp3) is 0.0909. The molecule has 0 spiro atoms. The standard InChI is InChI=1S/C22H18ClN5O3S2/c1-31-16-4-2-3-13(11-16)20-26-27-22(28(20)15-7-5-14(23)6-8-15)33-12-18(29)25-21-17(19(24)30)9-10-32-21/h2-11H,12H2,1H3,(H2,24,30)(H,25,29). The van der Waals surface area contributed by atoms with Gasteiger partial charge in [-0.15, -0.1) is 21.5 Å². The van der Waals surface area contributed by atoms with Crippen LogP contribution in [-0.2, 0) is 4.79 Å². The molecule has 0 fully saturated rings. The molecule has 2 aromatic carbocycles. The normalized spacial score (nSPS) is 10.7. The van der Waals surface area contributed by atoms with E-state index >= 15 is 0 Å². The predicted octanol–water partition coefficient (Wildman–Crippen LogP) is 4.49. The average Bonchev–Trinajstić information content (AvgIpc) is 3.45. The molecule has 0 radical (unpaired) electrons. The molecular formula is C22H18ClN5O3S2. The predicted molar refractivity (Wildman–Crippen MR) is 131 cm³/mol. The largest absolute Gasteiger partial charge is 0.497 e. The van der Waals surface area contributed by atoms with Crippen molar-refractivity contribution in [2.24, 2.45) is 5.73 Å². The van der Waals surface area contributed by atoms with Gasteiger partial charge in [0.25, 0.3) is 5.91 Å². The summed E-state index contributed by atoms with van der Waals surface area (Å²) in [7, 11) is 1.60. The van der Waals surface area contributed by atoms with E-state index in [9.17, 15) is 9.59 Å². The van der Waals surface area contributed by atoms with E-state index in [1.165, 1.54) is 23.1 Å². The van der Waals surface area contributed by atoms with Crippen molar-refractivity contribution in [3.05, 3.63) is 70.6 Å². The molecule has 4 aromatic rings. The second-order valence-corrected chi connectivity index (χ2v) is 9.01.